The molecule has 100 valence electrons. The van der Waals surface area contributed by atoms with E-state index < -0.39 is 0 Å². The summed E-state index contributed by atoms with van der Waals surface area (Å²) >= 11 is 3.82. The van der Waals surface area contributed by atoms with Gasteiger partial charge in [0.15, 0.2) is 0 Å². The fourth-order valence-corrected chi connectivity index (χ4v) is 3.22. The van der Waals surface area contributed by atoms with Crippen molar-refractivity contribution in [2.45, 2.75) is 26.3 Å². The van der Waals surface area contributed by atoms with Gasteiger partial charge >= 0.3 is 0 Å². The zero-order valence-electron chi connectivity index (χ0n) is 10.9. The summed E-state index contributed by atoms with van der Waals surface area (Å²) in [5.41, 5.74) is 3.14. The molecule has 0 aliphatic heterocycles. The van der Waals surface area contributed by atoms with E-state index in [1.807, 2.05) is 11.4 Å². The van der Waals surface area contributed by atoms with Crippen molar-refractivity contribution >= 4 is 39.8 Å². The van der Waals surface area contributed by atoms with Crippen LogP contribution in [0.1, 0.15) is 40.9 Å². The van der Waals surface area contributed by atoms with Crippen LogP contribution in [0.4, 0.5) is 0 Å². The number of aryl methyl sites for hydroxylation is 1. The van der Waals surface area contributed by atoms with Crippen molar-refractivity contribution in [3.05, 3.63) is 55.3 Å². The lowest BCUT2D eigenvalue weighted by Gasteiger charge is -2.17. The van der Waals surface area contributed by atoms with Crippen LogP contribution in [-0.2, 0) is 0 Å². The lowest BCUT2D eigenvalue weighted by atomic mass is 10.0. The number of hydrogen-bond acceptors (Lipinski definition) is 2. The monoisotopic (exact) mass is 385 g/mol. The van der Waals surface area contributed by atoms with Gasteiger partial charge in [0.2, 0.25) is 0 Å². The Morgan fingerprint density at radius 1 is 1.37 bits per heavy atom. The van der Waals surface area contributed by atoms with Gasteiger partial charge in [-0.2, -0.15) is 0 Å². The second-order valence-electron chi connectivity index (χ2n) is 4.48. The minimum atomic E-state index is 0.00610. The smallest absolute Gasteiger partial charge is 0.252 e. The number of carbonyl (C=O) groups excluding carboxylic acids is 1. The van der Waals surface area contributed by atoms with Gasteiger partial charge in [0.25, 0.3) is 5.91 Å². The van der Waals surface area contributed by atoms with Crippen molar-refractivity contribution in [2.75, 3.05) is 0 Å². The average molecular weight is 385 g/mol. The molecule has 0 saturated carbocycles. The number of hydrogen-bond donors (Lipinski definition) is 1. The third-order valence-corrected chi connectivity index (χ3v) is 4.81. The average Bonchev–Trinajstić information content (AvgIpc) is 2.84. The Balaban J connectivity index is 2.11. The molecule has 0 spiro atoms. The molecule has 1 atom stereocenters. The molecule has 2 aromatic rings. The number of thiophene rings is 1. The summed E-state index contributed by atoms with van der Waals surface area (Å²) < 4.78 is 1.13. The molecule has 0 radical (unpaired) electrons. The van der Waals surface area contributed by atoms with E-state index in [0.717, 1.165) is 20.4 Å². The summed E-state index contributed by atoms with van der Waals surface area (Å²) in [5, 5.41) is 5.00. The largest absolute Gasteiger partial charge is 0.345 e. The molecule has 2 nitrogen and oxygen atoms in total. The number of benzene rings is 1. The number of carbonyl (C=O) groups is 1. The molecule has 1 aromatic heterocycles. The molecule has 1 aromatic carbocycles. The molecule has 0 bridgehead atoms. The predicted octanol–water partition coefficient (Wildman–Crippen LogP) is 4.54. The van der Waals surface area contributed by atoms with Crippen LogP contribution in [-0.4, -0.2) is 5.91 Å². The lowest BCUT2D eigenvalue weighted by molar-refractivity contribution is 0.0936. The van der Waals surface area contributed by atoms with E-state index in [1.165, 1.54) is 5.56 Å². The molecular weight excluding hydrogens is 369 g/mol. The number of halogens is 1. The van der Waals surface area contributed by atoms with Gasteiger partial charge in [-0.3, -0.25) is 4.79 Å². The zero-order chi connectivity index (χ0) is 13.8. The van der Waals surface area contributed by atoms with Crippen LogP contribution in [0.3, 0.4) is 0 Å². The van der Waals surface area contributed by atoms with Crippen molar-refractivity contribution in [3.63, 3.8) is 0 Å². The molecule has 1 N–H and O–H groups in total. The van der Waals surface area contributed by atoms with Gasteiger partial charge in [-0.15, -0.1) is 11.3 Å². The Morgan fingerprint density at radius 2 is 2.05 bits per heavy atom. The quantitative estimate of drug-likeness (QED) is 0.770. The van der Waals surface area contributed by atoms with Crippen LogP contribution in [0, 0.1) is 9.81 Å². The molecule has 0 saturated heterocycles. The van der Waals surface area contributed by atoms with Gasteiger partial charge in [0.1, 0.15) is 0 Å². The molecule has 4 heteroatoms. The predicted molar refractivity (Wildman–Crippen MR) is 88.7 cm³/mol. The lowest BCUT2D eigenvalue weighted by Crippen LogP contribution is -2.27. The Kier molecular flexibility index (Phi) is 4.99. The fraction of sp³-hybridized carbons (Fsp3) is 0.267. The summed E-state index contributed by atoms with van der Waals surface area (Å²) in [6.45, 7) is 4.15. The van der Waals surface area contributed by atoms with Crippen LogP contribution in [0.2, 0.25) is 0 Å². The van der Waals surface area contributed by atoms with Crippen LogP contribution in [0.25, 0.3) is 0 Å². The van der Waals surface area contributed by atoms with E-state index >= 15 is 0 Å². The number of nitrogens with one attached hydrogen (secondary N) is 1. The third kappa shape index (κ3) is 3.79. The van der Waals surface area contributed by atoms with Gasteiger partial charge in [0, 0.05) is 5.38 Å². The molecule has 1 unspecified atom stereocenters. The molecule has 0 aliphatic carbocycles. The van der Waals surface area contributed by atoms with Crippen LogP contribution >= 0.6 is 33.9 Å². The Morgan fingerprint density at radius 3 is 2.58 bits per heavy atom. The van der Waals surface area contributed by atoms with Crippen molar-refractivity contribution in [1.82, 2.24) is 5.32 Å². The van der Waals surface area contributed by atoms with E-state index in [0.29, 0.717) is 0 Å². The zero-order valence-corrected chi connectivity index (χ0v) is 13.9. The summed E-state index contributed by atoms with van der Waals surface area (Å²) in [6, 6.07) is 10.3. The minimum absolute atomic E-state index is 0.00610. The maximum Gasteiger partial charge on any atom is 0.252 e. The summed E-state index contributed by atoms with van der Waals surface area (Å²) in [4.78, 5) is 12.2. The van der Waals surface area contributed by atoms with Crippen molar-refractivity contribution < 1.29 is 4.79 Å². The number of amides is 1. The summed E-state index contributed by atoms with van der Waals surface area (Å²) in [6.07, 6.45) is 0.885. The highest BCUT2D eigenvalue weighted by Gasteiger charge is 2.14. The van der Waals surface area contributed by atoms with Crippen LogP contribution in [0.5, 0.6) is 0 Å². The number of rotatable bonds is 4. The highest BCUT2D eigenvalue weighted by molar-refractivity contribution is 14.1. The Hall–Kier alpha value is -0.880. The maximum absolute atomic E-state index is 12.2. The van der Waals surface area contributed by atoms with Crippen LogP contribution < -0.4 is 5.32 Å². The molecular formula is C15H16INOS. The first kappa shape index (κ1) is 14.5. The second-order valence-corrected chi connectivity index (χ2v) is 7.29. The van der Waals surface area contributed by atoms with Crippen LogP contribution in [0.15, 0.2) is 35.7 Å². The minimum Gasteiger partial charge on any atom is -0.345 e. The molecule has 1 heterocycles. The Labute approximate surface area is 131 Å². The van der Waals surface area contributed by atoms with E-state index in [4.69, 9.17) is 0 Å². The standard InChI is InChI=1S/C15H16INOS/c1-3-13(11-6-4-10(2)5-7-11)17-15(18)12-8-14(16)19-9-12/h4-9,13H,3H2,1-2H3,(H,17,18). The molecule has 1 amide bonds. The molecule has 0 aliphatic rings. The first-order valence-corrected chi connectivity index (χ1v) is 8.17. The molecule has 2 rings (SSSR count). The summed E-state index contributed by atoms with van der Waals surface area (Å²) in [7, 11) is 0. The maximum atomic E-state index is 12.2. The topological polar surface area (TPSA) is 29.1 Å². The first-order chi connectivity index (χ1) is 9.10. The van der Waals surface area contributed by atoms with Gasteiger partial charge in [-0.05, 0) is 47.6 Å². The SMILES string of the molecule is CCC(NC(=O)c1csc(I)c1)c1ccc(C)cc1. The van der Waals surface area contributed by atoms with Crippen molar-refractivity contribution in [1.29, 1.82) is 0 Å². The van der Waals surface area contributed by atoms with E-state index in [1.54, 1.807) is 11.3 Å². The van der Waals surface area contributed by atoms with E-state index in [9.17, 15) is 4.79 Å². The van der Waals surface area contributed by atoms with Gasteiger partial charge in [-0.25, -0.2) is 0 Å². The second kappa shape index (κ2) is 6.52. The van der Waals surface area contributed by atoms with E-state index in [2.05, 4.69) is 66.0 Å². The Bertz CT molecular complexity index is 562. The normalized spacial score (nSPS) is 12.2. The summed E-state index contributed by atoms with van der Waals surface area (Å²) in [5.74, 6) is 0.00610. The van der Waals surface area contributed by atoms with Gasteiger partial charge < -0.3 is 5.32 Å². The highest BCUT2D eigenvalue weighted by atomic mass is 127. The fourth-order valence-electron chi connectivity index (χ4n) is 1.89. The van der Waals surface area contributed by atoms with E-state index in [-0.39, 0.29) is 11.9 Å². The molecule has 19 heavy (non-hydrogen) atoms. The first-order valence-electron chi connectivity index (χ1n) is 6.21. The van der Waals surface area contributed by atoms with Crippen molar-refractivity contribution in [2.24, 2.45) is 0 Å². The third-order valence-electron chi connectivity index (χ3n) is 3.02. The highest BCUT2D eigenvalue weighted by Crippen LogP contribution is 2.20. The van der Waals surface area contributed by atoms with Gasteiger partial charge in [0.05, 0.1) is 14.5 Å². The molecule has 0 fully saturated rings. The van der Waals surface area contributed by atoms with Gasteiger partial charge in [-0.1, -0.05) is 36.8 Å². The van der Waals surface area contributed by atoms with Crippen molar-refractivity contribution in [3.8, 4) is 0 Å².